The molecule has 2 aromatic carbocycles. The van der Waals surface area contributed by atoms with E-state index in [1.54, 1.807) is 0 Å². The summed E-state index contributed by atoms with van der Waals surface area (Å²) < 4.78 is 15.0. The minimum absolute atomic E-state index is 0.137. The molecule has 7 heteroatoms. The van der Waals surface area contributed by atoms with Crippen LogP contribution in [-0.4, -0.2) is 59.9 Å². The molecule has 0 bridgehead atoms. The molecule has 1 N–H and O–H groups in total. The maximum Gasteiger partial charge on any atom is 0.271 e. The molecule has 1 fully saturated rings. The summed E-state index contributed by atoms with van der Waals surface area (Å²) >= 11 is 0. The van der Waals surface area contributed by atoms with Crippen molar-refractivity contribution in [2.45, 2.75) is 19.8 Å². The quantitative estimate of drug-likeness (QED) is 0.588. The fraction of sp³-hybridized carbons (Fsp3) is 0.360. The van der Waals surface area contributed by atoms with Crippen LogP contribution in [0.3, 0.4) is 0 Å². The number of hydrogen-bond acceptors (Lipinski definition) is 4. The van der Waals surface area contributed by atoms with E-state index in [1.165, 1.54) is 12.1 Å². The lowest BCUT2D eigenvalue weighted by Crippen LogP contribution is -2.48. The summed E-state index contributed by atoms with van der Waals surface area (Å²) in [4.78, 5) is 17.3. The van der Waals surface area contributed by atoms with Gasteiger partial charge in [0.2, 0.25) is 0 Å². The number of aromatic nitrogens is 2. The molecule has 0 aliphatic carbocycles. The first kappa shape index (κ1) is 22.0. The van der Waals surface area contributed by atoms with Crippen LogP contribution in [-0.2, 0) is 6.42 Å². The maximum atomic E-state index is 13.1. The third-order valence-electron chi connectivity index (χ3n) is 5.80. The van der Waals surface area contributed by atoms with Crippen molar-refractivity contribution in [2.75, 3.05) is 44.2 Å². The van der Waals surface area contributed by atoms with Gasteiger partial charge in [-0.1, -0.05) is 31.5 Å². The van der Waals surface area contributed by atoms with Gasteiger partial charge in [-0.15, -0.1) is 0 Å². The number of para-hydroxylation sites is 1. The summed E-state index contributed by atoms with van der Waals surface area (Å²) in [6.07, 6.45) is 1.86. The van der Waals surface area contributed by atoms with Crippen molar-refractivity contribution in [3.05, 3.63) is 77.9 Å². The number of amides is 1. The molecular weight excluding hydrogens is 405 g/mol. The second-order valence-corrected chi connectivity index (χ2v) is 8.08. The average Bonchev–Trinajstić information content (AvgIpc) is 3.25. The zero-order chi connectivity index (χ0) is 22.3. The first-order chi connectivity index (χ1) is 15.6. The first-order valence-corrected chi connectivity index (χ1v) is 11.3. The summed E-state index contributed by atoms with van der Waals surface area (Å²) in [6, 6.07) is 18.5. The molecule has 1 aliphatic heterocycles. The molecule has 32 heavy (non-hydrogen) atoms. The van der Waals surface area contributed by atoms with E-state index < -0.39 is 0 Å². The monoisotopic (exact) mass is 435 g/mol. The van der Waals surface area contributed by atoms with E-state index in [2.05, 4.69) is 27.1 Å². The molecule has 168 valence electrons. The molecule has 4 rings (SSSR count). The van der Waals surface area contributed by atoms with Crippen LogP contribution in [0.4, 0.5) is 10.1 Å². The number of anilines is 1. The first-order valence-electron chi connectivity index (χ1n) is 11.3. The molecule has 1 saturated heterocycles. The summed E-state index contributed by atoms with van der Waals surface area (Å²) in [7, 11) is 0. The number of rotatable bonds is 8. The SMILES string of the molecule is CCCc1cc(C(=O)NCCN2CCN(c3ccc(F)cc3)CC2)nn1-c1ccccc1. The van der Waals surface area contributed by atoms with Crippen molar-refractivity contribution in [2.24, 2.45) is 0 Å². The molecule has 6 nitrogen and oxygen atoms in total. The highest BCUT2D eigenvalue weighted by Gasteiger charge is 2.18. The van der Waals surface area contributed by atoms with Crippen molar-refractivity contribution in [1.29, 1.82) is 0 Å². The van der Waals surface area contributed by atoms with Gasteiger partial charge in [0.05, 0.1) is 5.69 Å². The Bertz CT molecular complexity index is 1010. The van der Waals surface area contributed by atoms with Crippen LogP contribution >= 0.6 is 0 Å². The smallest absolute Gasteiger partial charge is 0.271 e. The number of aryl methyl sites for hydroxylation is 1. The number of halogens is 1. The Hall–Kier alpha value is -3.19. The van der Waals surface area contributed by atoms with Gasteiger partial charge in [-0.2, -0.15) is 5.10 Å². The minimum Gasteiger partial charge on any atom is -0.369 e. The Morgan fingerprint density at radius 2 is 1.72 bits per heavy atom. The van der Waals surface area contributed by atoms with Gasteiger partial charge < -0.3 is 10.2 Å². The number of piperazine rings is 1. The predicted molar refractivity (Wildman–Crippen MR) is 125 cm³/mol. The summed E-state index contributed by atoms with van der Waals surface area (Å²) in [5.41, 5.74) is 3.52. The van der Waals surface area contributed by atoms with Crippen LogP contribution in [0.1, 0.15) is 29.5 Å². The molecule has 0 atom stereocenters. The van der Waals surface area contributed by atoms with E-state index >= 15 is 0 Å². The van der Waals surface area contributed by atoms with Crippen LogP contribution in [0.15, 0.2) is 60.7 Å². The highest BCUT2D eigenvalue weighted by Crippen LogP contribution is 2.17. The third kappa shape index (κ3) is 5.34. The van der Waals surface area contributed by atoms with Crippen molar-refractivity contribution in [1.82, 2.24) is 20.0 Å². The largest absolute Gasteiger partial charge is 0.369 e. The van der Waals surface area contributed by atoms with Gasteiger partial charge >= 0.3 is 0 Å². The zero-order valence-corrected chi connectivity index (χ0v) is 18.5. The van der Waals surface area contributed by atoms with Crippen molar-refractivity contribution < 1.29 is 9.18 Å². The van der Waals surface area contributed by atoms with Gasteiger partial charge in [-0.25, -0.2) is 9.07 Å². The third-order valence-corrected chi connectivity index (χ3v) is 5.80. The minimum atomic E-state index is -0.210. The molecule has 1 aliphatic rings. The number of hydrogen-bond donors (Lipinski definition) is 1. The fourth-order valence-electron chi connectivity index (χ4n) is 4.06. The van der Waals surface area contributed by atoms with E-state index in [9.17, 15) is 9.18 Å². The molecular formula is C25H30FN5O. The Labute approximate surface area is 188 Å². The lowest BCUT2D eigenvalue weighted by atomic mass is 10.2. The maximum absolute atomic E-state index is 13.1. The number of benzene rings is 2. The Balaban J connectivity index is 1.28. The fourth-order valence-corrected chi connectivity index (χ4v) is 4.06. The van der Waals surface area contributed by atoms with E-state index in [0.29, 0.717) is 12.2 Å². The van der Waals surface area contributed by atoms with Crippen LogP contribution in [0.2, 0.25) is 0 Å². The molecule has 0 saturated carbocycles. The van der Waals surface area contributed by atoms with E-state index in [0.717, 1.165) is 62.6 Å². The van der Waals surface area contributed by atoms with Gasteiger partial charge in [0, 0.05) is 50.6 Å². The van der Waals surface area contributed by atoms with Crippen LogP contribution < -0.4 is 10.2 Å². The number of carbonyl (C=O) groups excluding carboxylic acids is 1. The number of carbonyl (C=O) groups is 1. The van der Waals surface area contributed by atoms with Gasteiger partial charge in [0.15, 0.2) is 5.69 Å². The van der Waals surface area contributed by atoms with Gasteiger partial charge in [0.1, 0.15) is 5.82 Å². The second-order valence-electron chi connectivity index (χ2n) is 8.08. The predicted octanol–water partition coefficient (Wildman–Crippen LogP) is 3.52. The van der Waals surface area contributed by atoms with Crippen molar-refractivity contribution in [3.8, 4) is 5.69 Å². The standard InChI is InChI=1S/C25H30FN5O/c1-2-6-23-19-24(28-31(23)22-7-4-3-5-8-22)25(32)27-13-14-29-15-17-30(18-16-29)21-11-9-20(26)10-12-21/h3-5,7-12,19H,2,6,13-18H2,1H3,(H,27,32). The Kier molecular flexibility index (Phi) is 7.17. The highest BCUT2D eigenvalue weighted by molar-refractivity contribution is 5.92. The van der Waals surface area contributed by atoms with Gasteiger partial charge in [-0.3, -0.25) is 9.69 Å². The van der Waals surface area contributed by atoms with E-state index in [-0.39, 0.29) is 11.7 Å². The Morgan fingerprint density at radius 1 is 1.00 bits per heavy atom. The zero-order valence-electron chi connectivity index (χ0n) is 18.5. The molecule has 0 unspecified atom stereocenters. The lowest BCUT2D eigenvalue weighted by molar-refractivity contribution is 0.0942. The van der Waals surface area contributed by atoms with Crippen LogP contribution in [0, 0.1) is 5.82 Å². The Morgan fingerprint density at radius 3 is 2.41 bits per heavy atom. The highest BCUT2D eigenvalue weighted by atomic mass is 19.1. The van der Waals surface area contributed by atoms with E-state index in [1.807, 2.05) is 53.2 Å². The second kappa shape index (κ2) is 10.4. The summed E-state index contributed by atoms with van der Waals surface area (Å²) in [5, 5.41) is 7.59. The van der Waals surface area contributed by atoms with Gasteiger partial charge in [0.25, 0.3) is 5.91 Å². The average molecular weight is 436 g/mol. The number of nitrogens with zero attached hydrogens (tertiary/aromatic N) is 4. The summed E-state index contributed by atoms with van der Waals surface area (Å²) in [5.74, 6) is -0.347. The molecule has 0 spiro atoms. The summed E-state index contributed by atoms with van der Waals surface area (Å²) in [6.45, 7) is 7.11. The van der Waals surface area contributed by atoms with E-state index in [4.69, 9.17) is 0 Å². The lowest BCUT2D eigenvalue weighted by Gasteiger charge is -2.36. The molecule has 1 aromatic heterocycles. The molecule has 0 radical (unpaired) electrons. The van der Waals surface area contributed by atoms with Gasteiger partial charge in [-0.05, 0) is 48.9 Å². The van der Waals surface area contributed by atoms with Crippen molar-refractivity contribution >= 4 is 11.6 Å². The normalized spacial score (nSPS) is 14.5. The van der Waals surface area contributed by atoms with Crippen molar-refractivity contribution in [3.63, 3.8) is 0 Å². The molecule has 1 amide bonds. The van der Waals surface area contributed by atoms with Crippen LogP contribution in [0.25, 0.3) is 5.69 Å². The molecule has 3 aromatic rings. The number of nitrogens with one attached hydrogen (secondary N) is 1. The molecule has 2 heterocycles. The topological polar surface area (TPSA) is 53.4 Å². The van der Waals surface area contributed by atoms with Crippen LogP contribution in [0.5, 0.6) is 0 Å².